The lowest BCUT2D eigenvalue weighted by Crippen LogP contribution is -2.46. The lowest BCUT2D eigenvalue weighted by atomic mass is 10.0. The predicted octanol–water partition coefficient (Wildman–Crippen LogP) is -3.86. The predicted molar refractivity (Wildman–Crippen MR) is 42.0 cm³/mol. The highest BCUT2D eigenvalue weighted by Gasteiger charge is 2.46. The Labute approximate surface area is 79.8 Å². The molecule has 7 nitrogen and oxygen atoms in total. The molecule has 0 aromatic heterocycles. The van der Waals surface area contributed by atoms with E-state index in [9.17, 15) is 10.2 Å². The highest BCUT2D eigenvalue weighted by Crippen LogP contribution is 2.23. The van der Waals surface area contributed by atoms with E-state index in [1.165, 1.54) is 0 Å². The molecule has 0 aromatic carbocycles. The maximum Gasteiger partial charge on any atom is 0.184 e. The SMILES string of the molecule is OC[C@@H](O)[C@@H](O)[C@H]1O[C@H](O)[C@H](O)[C@H]1O. The summed E-state index contributed by atoms with van der Waals surface area (Å²) in [5.74, 6) is 0. The molecular weight excluding hydrogens is 196 g/mol. The van der Waals surface area contributed by atoms with Gasteiger partial charge in [0, 0.05) is 0 Å². The Hall–Kier alpha value is -0.280. The summed E-state index contributed by atoms with van der Waals surface area (Å²) in [6.07, 6.45) is -9.01. The monoisotopic (exact) mass is 210 g/mol. The fourth-order valence-electron chi connectivity index (χ4n) is 1.29. The van der Waals surface area contributed by atoms with Gasteiger partial charge in [-0.25, -0.2) is 0 Å². The van der Waals surface area contributed by atoms with Crippen molar-refractivity contribution in [1.29, 1.82) is 0 Å². The second-order valence-electron chi connectivity index (χ2n) is 3.21. The molecular formula is C7H14O7. The third-order valence-electron chi connectivity index (χ3n) is 2.19. The van der Waals surface area contributed by atoms with E-state index in [0.29, 0.717) is 0 Å². The maximum absolute atomic E-state index is 9.31. The van der Waals surface area contributed by atoms with Gasteiger partial charge < -0.3 is 35.4 Å². The van der Waals surface area contributed by atoms with Crippen molar-refractivity contribution in [3.8, 4) is 0 Å². The van der Waals surface area contributed by atoms with E-state index in [1.807, 2.05) is 0 Å². The van der Waals surface area contributed by atoms with Crippen molar-refractivity contribution in [3.63, 3.8) is 0 Å². The third kappa shape index (κ3) is 2.04. The molecule has 1 aliphatic heterocycles. The van der Waals surface area contributed by atoms with Crippen molar-refractivity contribution in [3.05, 3.63) is 0 Å². The first-order chi connectivity index (χ1) is 6.49. The highest BCUT2D eigenvalue weighted by molar-refractivity contribution is 4.92. The molecule has 0 bridgehead atoms. The molecule has 7 heteroatoms. The van der Waals surface area contributed by atoms with E-state index < -0.39 is 43.4 Å². The molecule has 1 fully saturated rings. The van der Waals surface area contributed by atoms with E-state index in [1.54, 1.807) is 0 Å². The molecule has 1 saturated heterocycles. The zero-order chi connectivity index (χ0) is 10.9. The van der Waals surface area contributed by atoms with Crippen molar-refractivity contribution in [2.45, 2.75) is 36.8 Å². The molecule has 14 heavy (non-hydrogen) atoms. The van der Waals surface area contributed by atoms with Crippen molar-refractivity contribution >= 4 is 0 Å². The second-order valence-corrected chi connectivity index (χ2v) is 3.21. The molecule has 6 atom stereocenters. The van der Waals surface area contributed by atoms with E-state index in [0.717, 1.165) is 0 Å². The van der Waals surface area contributed by atoms with Crippen LogP contribution in [0.2, 0.25) is 0 Å². The van der Waals surface area contributed by atoms with Gasteiger partial charge in [-0.2, -0.15) is 0 Å². The average Bonchev–Trinajstić information content (AvgIpc) is 2.43. The van der Waals surface area contributed by atoms with Crippen molar-refractivity contribution in [1.82, 2.24) is 0 Å². The second kappa shape index (κ2) is 4.49. The van der Waals surface area contributed by atoms with Crippen LogP contribution in [0.1, 0.15) is 0 Å². The van der Waals surface area contributed by atoms with E-state index >= 15 is 0 Å². The molecule has 1 heterocycles. The molecule has 0 aromatic rings. The van der Waals surface area contributed by atoms with Gasteiger partial charge in [0.2, 0.25) is 0 Å². The largest absolute Gasteiger partial charge is 0.394 e. The Balaban J connectivity index is 2.61. The van der Waals surface area contributed by atoms with Gasteiger partial charge in [-0.15, -0.1) is 0 Å². The fourth-order valence-corrected chi connectivity index (χ4v) is 1.29. The van der Waals surface area contributed by atoms with Crippen molar-refractivity contribution < 1.29 is 35.4 Å². The fraction of sp³-hybridized carbons (Fsp3) is 1.00. The van der Waals surface area contributed by atoms with Gasteiger partial charge >= 0.3 is 0 Å². The zero-order valence-electron chi connectivity index (χ0n) is 7.26. The van der Waals surface area contributed by atoms with Crippen LogP contribution in [0.15, 0.2) is 0 Å². The quantitative estimate of drug-likeness (QED) is 0.281. The molecule has 0 amide bonds. The number of rotatable bonds is 3. The number of ether oxygens (including phenoxy) is 1. The summed E-state index contributed by atoms with van der Waals surface area (Å²) in [6.45, 7) is -0.708. The summed E-state index contributed by atoms with van der Waals surface area (Å²) in [5, 5.41) is 54.1. The normalized spacial score (nSPS) is 42.4. The van der Waals surface area contributed by atoms with Crippen LogP contribution in [-0.2, 0) is 4.74 Å². The van der Waals surface area contributed by atoms with Crippen LogP contribution < -0.4 is 0 Å². The molecule has 84 valence electrons. The molecule has 6 N–H and O–H groups in total. The summed E-state index contributed by atoms with van der Waals surface area (Å²) < 4.78 is 4.61. The van der Waals surface area contributed by atoms with E-state index in [-0.39, 0.29) is 0 Å². The topological polar surface area (TPSA) is 131 Å². The van der Waals surface area contributed by atoms with Gasteiger partial charge in [0.05, 0.1) is 6.61 Å². The van der Waals surface area contributed by atoms with Crippen LogP contribution in [0.4, 0.5) is 0 Å². The molecule has 0 unspecified atom stereocenters. The van der Waals surface area contributed by atoms with Crippen molar-refractivity contribution in [2.75, 3.05) is 6.61 Å². The molecule has 1 rings (SSSR count). The minimum absolute atomic E-state index is 0.708. The summed E-state index contributed by atoms with van der Waals surface area (Å²) in [6, 6.07) is 0. The minimum Gasteiger partial charge on any atom is -0.394 e. The first-order valence-electron chi connectivity index (χ1n) is 4.15. The zero-order valence-corrected chi connectivity index (χ0v) is 7.26. The van der Waals surface area contributed by atoms with Gasteiger partial charge in [-0.05, 0) is 0 Å². The van der Waals surface area contributed by atoms with Crippen molar-refractivity contribution in [2.24, 2.45) is 0 Å². The number of hydrogen-bond acceptors (Lipinski definition) is 7. The van der Waals surface area contributed by atoms with Crippen LogP contribution in [0.5, 0.6) is 0 Å². The smallest absolute Gasteiger partial charge is 0.184 e. The lowest BCUT2D eigenvalue weighted by Gasteiger charge is -2.23. The van der Waals surface area contributed by atoms with Gasteiger partial charge in [0.25, 0.3) is 0 Å². The average molecular weight is 210 g/mol. The number of hydrogen-bond donors (Lipinski definition) is 6. The first kappa shape index (κ1) is 11.8. The molecule has 1 aliphatic rings. The van der Waals surface area contributed by atoms with Crippen LogP contribution in [0.3, 0.4) is 0 Å². The third-order valence-corrected chi connectivity index (χ3v) is 2.19. The molecule has 0 spiro atoms. The standard InChI is InChI=1S/C7H14O7/c8-1-2(9)3(10)6-4(11)5(12)7(13)14-6/h2-13H,1H2/t2-,3-,4-,5-,6-,7+/m1/s1. The van der Waals surface area contributed by atoms with Gasteiger partial charge in [-0.3, -0.25) is 0 Å². The Kier molecular flexibility index (Phi) is 3.78. The molecule has 0 saturated carbocycles. The lowest BCUT2D eigenvalue weighted by molar-refractivity contribution is -0.164. The summed E-state index contributed by atoms with van der Waals surface area (Å²) in [7, 11) is 0. The Morgan fingerprint density at radius 3 is 2.00 bits per heavy atom. The van der Waals surface area contributed by atoms with Crippen LogP contribution in [-0.4, -0.2) is 74.1 Å². The van der Waals surface area contributed by atoms with Crippen LogP contribution in [0, 0.1) is 0 Å². The maximum atomic E-state index is 9.31. The molecule has 0 aliphatic carbocycles. The minimum atomic E-state index is -1.60. The van der Waals surface area contributed by atoms with E-state index in [4.69, 9.17) is 20.4 Å². The van der Waals surface area contributed by atoms with Gasteiger partial charge in [0.15, 0.2) is 6.29 Å². The Bertz CT molecular complexity index is 187. The highest BCUT2D eigenvalue weighted by atomic mass is 16.6. The first-order valence-corrected chi connectivity index (χ1v) is 4.15. The number of aliphatic hydroxyl groups is 6. The summed E-state index contributed by atoms with van der Waals surface area (Å²) in [4.78, 5) is 0. The van der Waals surface area contributed by atoms with Gasteiger partial charge in [0.1, 0.15) is 30.5 Å². The Morgan fingerprint density at radius 2 is 1.64 bits per heavy atom. The Morgan fingerprint density at radius 1 is 1.07 bits per heavy atom. The van der Waals surface area contributed by atoms with E-state index in [2.05, 4.69) is 4.74 Å². The summed E-state index contributed by atoms with van der Waals surface area (Å²) in [5.41, 5.74) is 0. The van der Waals surface area contributed by atoms with Crippen LogP contribution >= 0.6 is 0 Å². The molecule has 0 radical (unpaired) electrons. The van der Waals surface area contributed by atoms with Gasteiger partial charge in [-0.1, -0.05) is 0 Å². The number of aliphatic hydroxyl groups excluding tert-OH is 6. The summed E-state index contributed by atoms with van der Waals surface area (Å²) >= 11 is 0. The van der Waals surface area contributed by atoms with Crippen LogP contribution in [0.25, 0.3) is 0 Å².